The third-order valence-electron chi connectivity index (χ3n) is 13.6. The number of carbonyl (C=O) groups excluding carboxylic acids is 4. The van der Waals surface area contributed by atoms with E-state index >= 15 is 0 Å². The van der Waals surface area contributed by atoms with Crippen LogP contribution in [0, 0.1) is 37.0 Å². The van der Waals surface area contributed by atoms with E-state index in [1.165, 1.54) is 74.5 Å². The van der Waals surface area contributed by atoms with Gasteiger partial charge in [-0.05, 0) is 106 Å². The molecule has 0 bridgehead atoms. The molecule has 58 heavy (non-hydrogen) atoms. The number of nitro groups is 2. The van der Waals surface area contributed by atoms with Crippen molar-refractivity contribution in [2.45, 2.75) is 94.7 Å². The highest BCUT2D eigenvalue weighted by molar-refractivity contribution is 5.96. The lowest BCUT2D eigenvalue weighted by Crippen LogP contribution is -2.78. The highest BCUT2D eigenvalue weighted by atomic mass is 16.6. The van der Waals surface area contributed by atoms with Gasteiger partial charge in [-0.3, -0.25) is 25.0 Å². The molecule has 3 aromatic carbocycles. The molecule has 16 nitrogen and oxygen atoms in total. The van der Waals surface area contributed by atoms with Crippen LogP contribution in [0.2, 0.25) is 0 Å². The Labute approximate surface area is 331 Å². The van der Waals surface area contributed by atoms with Crippen LogP contribution in [0.1, 0.15) is 96.8 Å². The van der Waals surface area contributed by atoms with Crippen LogP contribution >= 0.6 is 0 Å². The van der Waals surface area contributed by atoms with Crippen LogP contribution < -0.4 is 0 Å². The topological polar surface area (TPSA) is 243 Å². The van der Waals surface area contributed by atoms with Crippen LogP contribution in [0.4, 0.5) is 11.4 Å². The van der Waals surface area contributed by atoms with Crippen LogP contribution in [0.15, 0.2) is 84.4 Å². The van der Waals surface area contributed by atoms with Gasteiger partial charge in [-0.2, -0.15) is 0 Å². The van der Waals surface area contributed by atoms with Gasteiger partial charge in [0.25, 0.3) is 11.4 Å². The van der Waals surface area contributed by atoms with E-state index < -0.39 is 79.3 Å². The zero-order valence-electron chi connectivity index (χ0n) is 31.9. The van der Waals surface area contributed by atoms with Gasteiger partial charge in [0, 0.05) is 36.6 Å². The first-order valence-electron chi connectivity index (χ1n) is 18.9. The number of hydrogen-bond acceptors (Lipinski definition) is 14. The summed E-state index contributed by atoms with van der Waals surface area (Å²) >= 11 is 0. The van der Waals surface area contributed by atoms with Crippen molar-refractivity contribution in [3.05, 3.63) is 121 Å². The number of carbonyl (C=O) groups is 4. The number of fused-ring (bicyclic) bond motifs is 5. The Morgan fingerprint density at radius 3 is 1.79 bits per heavy atom. The fraction of sp³-hybridized carbons (Fsp3) is 0.429. The summed E-state index contributed by atoms with van der Waals surface area (Å²) in [5.74, 6) is -4.11. The van der Waals surface area contributed by atoms with Crippen molar-refractivity contribution in [2.24, 2.45) is 16.7 Å². The first-order valence-corrected chi connectivity index (χ1v) is 18.9. The van der Waals surface area contributed by atoms with Crippen molar-refractivity contribution in [3.8, 4) is 5.75 Å². The maximum absolute atomic E-state index is 14.0. The molecule has 3 fully saturated rings. The van der Waals surface area contributed by atoms with E-state index in [9.17, 15) is 54.7 Å². The lowest BCUT2D eigenvalue weighted by atomic mass is 9.42. The molecule has 16 heteroatoms. The minimum Gasteiger partial charge on any atom is -0.508 e. The summed E-state index contributed by atoms with van der Waals surface area (Å²) in [6.45, 7) is 4.59. The Morgan fingerprint density at radius 2 is 1.26 bits per heavy atom. The number of aliphatic hydroxyl groups is 2. The van der Waals surface area contributed by atoms with E-state index in [0.29, 0.717) is 12.8 Å². The Bertz CT molecular complexity index is 2240. The van der Waals surface area contributed by atoms with Crippen molar-refractivity contribution in [2.75, 3.05) is 0 Å². The fourth-order valence-corrected chi connectivity index (χ4v) is 10.3. The molecule has 0 aliphatic heterocycles. The minimum atomic E-state index is -2.21. The number of Topliss-reactive ketones (excluding diaryl/α,β-unsaturated/α-hetero) is 1. The van der Waals surface area contributed by atoms with Gasteiger partial charge >= 0.3 is 17.9 Å². The average molecular weight is 799 g/mol. The number of nitrogens with zero attached hydrogens (tertiary/aromatic N) is 2. The molecular weight excluding hydrogens is 756 g/mol. The third kappa shape index (κ3) is 6.04. The highest BCUT2D eigenvalue weighted by Crippen LogP contribution is 2.71. The normalized spacial score (nSPS) is 32.3. The number of ketones is 1. The first kappa shape index (κ1) is 40.2. The van der Waals surface area contributed by atoms with Gasteiger partial charge in [0.05, 0.1) is 32.0 Å². The zero-order valence-corrected chi connectivity index (χ0v) is 31.9. The molecule has 4 aliphatic rings. The number of ether oxygens (including phenoxy) is 3. The van der Waals surface area contributed by atoms with Gasteiger partial charge in [0.2, 0.25) is 0 Å². The number of phenols is 1. The number of aromatic hydroxyl groups is 1. The molecule has 3 N–H and O–H groups in total. The number of non-ortho nitro benzene ring substituents is 2. The number of phenolic OH excluding ortho intramolecular Hbond substituents is 1. The summed E-state index contributed by atoms with van der Waals surface area (Å²) in [5, 5.41) is 58.5. The monoisotopic (exact) mass is 798 g/mol. The van der Waals surface area contributed by atoms with Gasteiger partial charge in [0.15, 0.2) is 11.4 Å². The van der Waals surface area contributed by atoms with E-state index in [-0.39, 0.29) is 65.9 Å². The molecular formula is C42H42N2O14. The number of rotatable bonds is 9. The molecule has 4 aliphatic carbocycles. The van der Waals surface area contributed by atoms with Crippen LogP contribution in [0.3, 0.4) is 0 Å². The summed E-state index contributed by atoms with van der Waals surface area (Å²) < 4.78 is 18.2. The predicted molar refractivity (Wildman–Crippen MR) is 202 cm³/mol. The van der Waals surface area contributed by atoms with Gasteiger partial charge in [0.1, 0.15) is 29.2 Å². The second kappa shape index (κ2) is 14.1. The molecule has 3 saturated carbocycles. The van der Waals surface area contributed by atoms with Gasteiger partial charge in [-0.25, -0.2) is 14.4 Å². The Kier molecular flexibility index (Phi) is 9.79. The molecule has 0 amide bonds. The Hall–Kier alpha value is -6.00. The highest BCUT2D eigenvalue weighted by Gasteiger charge is 2.83. The summed E-state index contributed by atoms with van der Waals surface area (Å²) in [6, 6.07) is 14.9. The summed E-state index contributed by atoms with van der Waals surface area (Å²) in [5.41, 5.74) is -8.67. The standard InChI is InChI=1S/C42H42N2O14/c1-24(45)41(58-37(49)27-6-12-30(13-7-27)44(54)55)20-21-42(51)39(41,3)34(57-36(48)26-8-14-31(46)15-9-26)23-33-38(2)18-17-32(22-28(38)16-19-40(33,42)50)56-35(47)25-4-10-29(11-5-25)43(52)53/h4-16,32-34,46,50-51H,17-23H2,1-3H3/t32-,33+,34+,38-,39+,40-,41+,42+/m0/s1. The van der Waals surface area contributed by atoms with Crippen LogP contribution in [0.25, 0.3) is 0 Å². The number of benzene rings is 3. The molecule has 0 spiro atoms. The largest absolute Gasteiger partial charge is 0.508 e. The van der Waals surface area contributed by atoms with E-state index in [1.807, 2.05) is 6.92 Å². The maximum Gasteiger partial charge on any atom is 0.339 e. The second-order valence-corrected chi connectivity index (χ2v) is 16.2. The smallest absolute Gasteiger partial charge is 0.339 e. The summed E-state index contributed by atoms with van der Waals surface area (Å²) in [4.78, 5) is 76.0. The van der Waals surface area contributed by atoms with Crippen molar-refractivity contribution in [1.29, 1.82) is 0 Å². The average Bonchev–Trinajstić information content (AvgIpc) is 3.44. The van der Waals surface area contributed by atoms with E-state index in [2.05, 4.69) is 0 Å². The molecule has 0 saturated heterocycles. The number of nitro benzene ring substituents is 2. The summed E-state index contributed by atoms with van der Waals surface area (Å²) in [7, 11) is 0. The Balaban J connectivity index is 1.25. The number of hydrogen-bond donors (Lipinski definition) is 3. The first-order chi connectivity index (χ1) is 27.3. The minimum absolute atomic E-state index is 0.0471. The molecule has 0 heterocycles. The van der Waals surface area contributed by atoms with E-state index in [0.717, 1.165) is 17.7 Å². The van der Waals surface area contributed by atoms with Crippen molar-refractivity contribution >= 4 is 35.1 Å². The molecule has 8 atom stereocenters. The van der Waals surface area contributed by atoms with Crippen LogP contribution in [-0.2, 0) is 19.0 Å². The molecule has 0 unspecified atom stereocenters. The molecule has 3 aromatic rings. The third-order valence-corrected chi connectivity index (χ3v) is 13.6. The molecule has 7 rings (SSSR count). The van der Waals surface area contributed by atoms with Crippen LogP contribution in [-0.4, -0.2) is 77.9 Å². The lowest BCUT2D eigenvalue weighted by Gasteiger charge is -2.67. The fourth-order valence-electron chi connectivity index (χ4n) is 10.3. The summed E-state index contributed by atoms with van der Waals surface area (Å²) in [6.07, 6.45) is 0.151. The SMILES string of the molecule is CC(=O)[C@]1(OC(=O)c2ccc([N+](=O)[O-])cc2)CC[C@@]2(O)[C@]1(C)[C@H](OC(=O)c1ccc(O)cc1)C[C@@H]1[C@@]3(C)CC[C@H](OC(=O)c4ccc([N+](=O)[O-])cc4)CC3=CC[C@]12O. The van der Waals surface area contributed by atoms with Crippen molar-refractivity contribution in [1.82, 2.24) is 0 Å². The molecule has 0 aromatic heterocycles. The second-order valence-electron chi connectivity index (χ2n) is 16.2. The van der Waals surface area contributed by atoms with Crippen molar-refractivity contribution in [3.63, 3.8) is 0 Å². The molecule has 304 valence electrons. The predicted octanol–water partition coefficient (Wildman–Crippen LogP) is 5.95. The van der Waals surface area contributed by atoms with E-state index in [1.54, 1.807) is 6.08 Å². The van der Waals surface area contributed by atoms with Crippen LogP contribution in [0.5, 0.6) is 5.75 Å². The van der Waals surface area contributed by atoms with Gasteiger partial charge in [-0.15, -0.1) is 0 Å². The van der Waals surface area contributed by atoms with Gasteiger partial charge in [-0.1, -0.05) is 18.6 Å². The van der Waals surface area contributed by atoms with Gasteiger partial charge < -0.3 is 29.5 Å². The maximum atomic E-state index is 14.0. The Morgan fingerprint density at radius 1 is 0.741 bits per heavy atom. The molecule has 0 radical (unpaired) electrons. The van der Waals surface area contributed by atoms with E-state index in [4.69, 9.17) is 14.2 Å². The zero-order chi connectivity index (χ0) is 42.0. The van der Waals surface area contributed by atoms with Crippen molar-refractivity contribution < 1.29 is 58.6 Å². The number of esters is 3. The quantitative estimate of drug-likeness (QED) is 0.0745. The lowest BCUT2D eigenvalue weighted by molar-refractivity contribution is -0.385.